The minimum Gasteiger partial charge on any atom is -0.486 e. The number of Topliss-reactive ketones (excluding diaryl/α,β-unsaturated/α-hetero) is 1. The fourth-order valence-corrected chi connectivity index (χ4v) is 3.38. The van der Waals surface area contributed by atoms with Gasteiger partial charge in [0.2, 0.25) is 0 Å². The number of carbonyl (C=O) groups excluding carboxylic acids is 1. The van der Waals surface area contributed by atoms with E-state index in [1.54, 1.807) is 18.2 Å². The maximum Gasteiger partial charge on any atom is 0.174 e. The van der Waals surface area contributed by atoms with Crippen molar-refractivity contribution in [3.05, 3.63) is 52.0 Å². The molecule has 0 bridgehead atoms. The van der Waals surface area contributed by atoms with Crippen LogP contribution in [-0.4, -0.2) is 24.7 Å². The third-order valence-electron chi connectivity index (χ3n) is 3.12. The minimum atomic E-state index is -0.0402. The van der Waals surface area contributed by atoms with Gasteiger partial charge in [-0.2, -0.15) is 0 Å². The zero-order valence-electron chi connectivity index (χ0n) is 11.5. The van der Waals surface area contributed by atoms with Crippen molar-refractivity contribution in [2.45, 2.75) is 4.90 Å². The number of ketones is 1. The molecule has 0 atom stereocenters. The largest absolute Gasteiger partial charge is 0.486 e. The van der Waals surface area contributed by atoms with E-state index in [-0.39, 0.29) is 5.78 Å². The van der Waals surface area contributed by atoms with Crippen molar-refractivity contribution >= 4 is 40.7 Å². The fraction of sp³-hybridized carbons (Fsp3) is 0.188. The molecule has 0 amide bonds. The van der Waals surface area contributed by atoms with E-state index in [4.69, 9.17) is 32.7 Å². The van der Waals surface area contributed by atoms with Crippen LogP contribution in [-0.2, 0) is 0 Å². The maximum absolute atomic E-state index is 12.2. The molecule has 0 spiro atoms. The van der Waals surface area contributed by atoms with Crippen LogP contribution in [0.25, 0.3) is 0 Å². The van der Waals surface area contributed by atoms with Gasteiger partial charge in [0.1, 0.15) is 13.2 Å². The number of ether oxygens (including phenoxy) is 2. The summed E-state index contributed by atoms with van der Waals surface area (Å²) in [6.07, 6.45) is 0. The lowest BCUT2D eigenvalue weighted by Crippen LogP contribution is -2.15. The molecule has 3 rings (SSSR count). The Morgan fingerprint density at radius 2 is 1.82 bits per heavy atom. The average Bonchev–Trinajstić information content (AvgIpc) is 2.52. The molecule has 114 valence electrons. The highest BCUT2D eigenvalue weighted by molar-refractivity contribution is 8.00. The molecule has 0 aliphatic carbocycles. The Kier molecular flexibility index (Phi) is 4.81. The van der Waals surface area contributed by atoms with E-state index in [1.165, 1.54) is 11.8 Å². The highest BCUT2D eigenvalue weighted by Crippen LogP contribution is 2.34. The summed E-state index contributed by atoms with van der Waals surface area (Å²) in [5.74, 6) is 1.71. The van der Waals surface area contributed by atoms with Crippen LogP contribution < -0.4 is 9.47 Å². The Balaban J connectivity index is 1.68. The molecular weight excluding hydrogens is 343 g/mol. The Labute approximate surface area is 142 Å². The predicted octanol–water partition coefficient (Wildman–Crippen LogP) is 4.74. The molecule has 0 unspecified atom stereocenters. The number of halogens is 2. The summed E-state index contributed by atoms with van der Waals surface area (Å²) in [6, 6.07) is 10.5. The molecule has 2 aromatic rings. The van der Waals surface area contributed by atoms with E-state index < -0.39 is 0 Å². The second kappa shape index (κ2) is 6.82. The lowest BCUT2D eigenvalue weighted by molar-refractivity contribution is 0.102. The molecule has 0 saturated carbocycles. The third-order valence-corrected chi connectivity index (χ3v) is 4.66. The van der Waals surface area contributed by atoms with E-state index in [1.807, 2.05) is 18.2 Å². The van der Waals surface area contributed by atoms with Gasteiger partial charge >= 0.3 is 0 Å². The van der Waals surface area contributed by atoms with Crippen LogP contribution >= 0.6 is 35.0 Å². The fourth-order valence-electron chi connectivity index (χ4n) is 2.06. The van der Waals surface area contributed by atoms with Gasteiger partial charge in [0, 0.05) is 15.5 Å². The van der Waals surface area contributed by atoms with Gasteiger partial charge in [-0.1, -0.05) is 23.2 Å². The smallest absolute Gasteiger partial charge is 0.174 e. The van der Waals surface area contributed by atoms with E-state index in [0.717, 1.165) is 10.6 Å². The number of carbonyl (C=O) groups is 1. The summed E-state index contributed by atoms with van der Waals surface area (Å²) in [6.45, 7) is 1.10. The highest BCUT2D eigenvalue weighted by atomic mass is 35.5. The van der Waals surface area contributed by atoms with Crippen LogP contribution in [0.5, 0.6) is 11.5 Å². The number of benzene rings is 2. The van der Waals surface area contributed by atoms with Gasteiger partial charge in [-0.05, 0) is 36.4 Å². The molecule has 1 aliphatic heterocycles. The average molecular weight is 355 g/mol. The predicted molar refractivity (Wildman–Crippen MR) is 88.9 cm³/mol. The molecular formula is C16H12Cl2O3S. The Hall–Kier alpha value is -1.36. The van der Waals surface area contributed by atoms with Gasteiger partial charge in [-0.15, -0.1) is 11.8 Å². The number of rotatable bonds is 4. The van der Waals surface area contributed by atoms with Crippen LogP contribution in [0.1, 0.15) is 10.4 Å². The number of fused-ring (bicyclic) bond motifs is 1. The summed E-state index contributed by atoms with van der Waals surface area (Å²) < 4.78 is 11.0. The van der Waals surface area contributed by atoms with E-state index in [0.29, 0.717) is 40.3 Å². The molecule has 0 aromatic heterocycles. The van der Waals surface area contributed by atoms with Crippen LogP contribution in [0.3, 0.4) is 0 Å². The van der Waals surface area contributed by atoms with Crippen molar-refractivity contribution in [1.82, 2.24) is 0 Å². The summed E-state index contributed by atoms with van der Waals surface area (Å²) >= 11 is 13.3. The standard InChI is InChI=1S/C16H12Cl2O3S/c17-10-1-3-12(13(18)7-10)14(19)9-22-11-2-4-15-16(8-11)21-6-5-20-15/h1-4,7-8H,5-6,9H2. The van der Waals surface area contributed by atoms with E-state index >= 15 is 0 Å². The number of hydrogen-bond donors (Lipinski definition) is 0. The molecule has 3 nitrogen and oxygen atoms in total. The zero-order chi connectivity index (χ0) is 15.5. The van der Waals surface area contributed by atoms with Gasteiger partial charge in [0.15, 0.2) is 17.3 Å². The van der Waals surface area contributed by atoms with Crippen molar-refractivity contribution in [2.75, 3.05) is 19.0 Å². The first kappa shape index (κ1) is 15.5. The van der Waals surface area contributed by atoms with Crippen LogP contribution in [0.15, 0.2) is 41.3 Å². The quantitative estimate of drug-likeness (QED) is 0.586. The summed E-state index contributed by atoms with van der Waals surface area (Å²) in [5, 5.41) is 0.890. The van der Waals surface area contributed by atoms with Crippen molar-refractivity contribution in [2.24, 2.45) is 0 Å². The topological polar surface area (TPSA) is 35.5 Å². The highest BCUT2D eigenvalue weighted by Gasteiger charge is 2.14. The van der Waals surface area contributed by atoms with Crippen molar-refractivity contribution < 1.29 is 14.3 Å². The lowest BCUT2D eigenvalue weighted by atomic mass is 10.1. The molecule has 0 radical (unpaired) electrons. The molecule has 6 heteroatoms. The van der Waals surface area contributed by atoms with Crippen LogP contribution in [0.4, 0.5) is 0 Å². The molecule has 0 saturated heterocycles. The van der Waals surface area contributed by atoms with E-state index in [9.17, 15) is 4.79 Å². The summed E-state index contributed by atoms with van der Waals surface area (Å²) in [7, 11) is 0. The normalized spacial score (nSPS) is 13.0. The summed E-state index contributed by atoms with van der Waals surface area (Å²) in [5.41, 5.74) is 0.483. The Morgan fingerprint density at radius 1 is 1.05 bits per heavy atom. The molecule has 1 heterocycles. The SMILES string of the molecule is O=C(CSc1ccc2c(c1)OCCO2)c1ccc(Cl)cc1Cl. The zero-order valence-corrected chi connectivity index (χ0v) is 13.8. The first-order valence-electron chi connectivity index (χ1n) is 6.64. The van der Waals surface area contributed by atoms with Gasteiger partial charge in [-0.3, -0.25) is 4.79 Å². The molecule has 22 heavy (non-hydrogen) atoms. The number of hydrogen-bond acceptors (Lipinski definition) is 4. The van der Waals surface area contributed by atoms with Crippen molar-refractivity contribution in [1.29, 1.82) is 0 Å². The van der Waals surface area contributed by atoms with Crippen LogP contribution in [0, 0.1) is 0 Å². The second-order valence-corrected chi connectivity index (χ2v) is 6.53. The minimum absolute atomic E-state index is 0.0402. The van der Waals surface area contributed by atoms with E-state index in [2.05, 4.69) is 0 Å². The van der Waals surface area contributed by atoms with Crippen LogP contribution in [0.2, 0.25) is 10.0 Å². The molecule has 0 fully saturated rings. The van der Waals surface area contributed by atoms with Crippen molar-refractivity contribution in [3.8, 4) is 11.5 Å². The molecule has 0 N–H and O–H groups in total. The van der Waals surface area contributed by atoms with Gasteiger partial charge in [0.05, 0.1) is 10.8 Å². The monoisotopic (exact) mass is 354 g/mol. The molecule has 1 aliphatic rings. The first-order valence-corrected chi connectivity index (χ1v) is 8.38. The second-order valence-electron chi connectivity index (χ2n) is 4.64. The molecule has 2 aromatic carbocycles. The van der Waals surface area contributed by atoms with Gasteiger partial charge < -0.3 is 9.47 Å². The third kappa shape index (κ3) is 3.51. The summed E-state index contributed by atoms with van der Waals surface area (Å²) in [4.78, 5) is 13.2. The maximum atomic E-state index is 12.2. The van der Waals surface area contributed by atoms with Gasteiger partial charge in [-0.25, -0.2) is 0 Å². The lowest BCUT2D eigenvalue weighted by Gasteiger charge is -2.18. The Bertz CT molecular complexity index is 719. The number of thioether (sulfide) groups is 1. The van der Waals surface area contributed by atoms with Crippen molar-refractivity contribution in [3.63, 3.8) is 0 Å². The Morgan fingerprint density at radius 3 is 2.59 bits per heavy atom. The van der Waals surface area contributed by atoms with Gasteiger partial charge in [0.25, 0.3) is 0 Å². The first-order chi connectivity index (χ1) is 10.6.